The summed E-state index contributed by atoms with van der Waals surface area (Å²) < 4.78 is 7.50. The van der Waals surface area contributed by atoms with Crippen LogP contribution in [0.5, 0.6) is 0 Å². The molecule has 2 aromatic rings. The predicted octanol–water partition coefficient (Wildman–Crippen LogP) is 2.17. The molecule has 16 heavy (non-hydrogen) atoms. The Bertz CT molecular complexity index is 462. The van der Waals surface area contributed by atoms with Crippen LogP contribution >= 0.6 is 0 Å². The molecule has 0 aliphatic heterocycles. The van der Waals surface area contributed by atoms with Gasteiger partial charge in [-0.15, -0.1) is 0 Å². The van der Waals surface area contributed by atoms with Gasteiger partial charge in [-0.05, 0) is 30.0 Å². The van der Waals surface area contributed by atoms with E-state index in [-0.39, 0.29) is 6.61 Å². The lowest BCUT2D eigenvalue weighted by Crippen LogP contribution is -2.04. The third-order valence-electron chi connectivity index (χ3n) is 2.70. The molecule has 0 saturated carbocycles. The molecule has 1 aromatic heterocycles. The molecule has 3 heteroatoms. The summed E-state index contributed by atoms with van der Waals surface area (Å²) in [6.45, 7) is 4.42. The second-order valence-electron chi connectivity index (χ2n) is 3.76. The lowest BCUT2D eigenvalue weighted by molar-refractivity contribution is 0.140. The van der Waals surface area contributed by atoms with Crippen LogP contribution in [0.1, 0.15) is 12.5 Å². The number of rotatable bonds is 5. The molecule has 3 nitrogen and oxygen atoms in total. The van der Waals surface area contributed by atoms with Crippen LogP contribution in [0.4, 0.5) is 0 Å². The highest BCUT2D eigenvalue weighted by atomic mass is 16.5. The maximum atomic E-state index is 9.11. The molecule has 1 heterocycles. The average Bonchev–Trinajstić information content (AvgIpc) is 2.72. The first-order valence-electron chi connectivity index (χ1n) is 5.61. The molecular formula is C13H17NO2. The van der Waals surface area contributed by atoms with Gasteiger partial charge in [-0.3, -0.25) is 0 Å². The van der Waals surface area contributed by atoms with Gasteiger partial charge in [0.15, 0.2) is 0 Å². The third-order valence-corrected chi connectivity index (χ3v) is 2.70. The molecule has 0 spiro atoms. The zero-order chi connectivity index (χ0) is 11.4. The van der Waals surface area contributed by atoms with Crippen LogP contribution in [0.15, 0.2) is 30.5 Å². The summed E-state index contributed by atoms with van der Waals surface area (Å²) in [5, 5.41) is 10.3. The molecule has 0 unspecified atom stereocenters. The smallest absolute Gasteiger partial charge is 0.0682 e. The number of nitrogens with zero attached hydrogens (tertiary/aromatic N) is 1. The normalized spacial score (nSPS) is 11.1. The first-order chi connectivity index (χ1) is 7.85. The predicted molar refractivity (Wildman–Crippen MR) is 64.4 cm³/mol. The van der Waals surface area contributed by atoms with E-state index < -0.39 is 0 Å². The number of aliphatic hydroxyl groups is 1. The third kappa shape index (κ3) is 2.26. The van der Waals surface area contributed by atoms with Crippen molar-refractivity contribution < 1.29 is 9.84 Å². The molecular weight excluding hydrogens is 202 g/mol. The first kappa shape index (κ1) is 11.2. The van der Waals surface area contributed by atoms with E-state index in [9.17, 15) is 0 Å². The van der Waals surface area contributed by atoms with Gasteiger partial charge in [0.25, 0.3) is 0 Å². The maximum absolute atomic E-state index is 9.11. The Morgan fingerprint density at radius 1 is 1.31 bits per heavy atom. The molecule has 0 atom stereocenters. The maximum Gasteiger partial charge on any atom is 0.0682 e. The SMILES string of the molecule is CCOCCn1ccc2ccc(CO)cc21. The summed E-state index contributed by atoms with van der Waals surface area (Å²) in [6, 6.07) is 8.11. The Labute approximate surface area is 95.3 Å². The minimum Gasteiger partial charge on any atom is -0.392 e. The average molecular weight is 219 g/mol. The standard InChI is InChI=1S/C13H17NO2/c1-2-16-8-7-14-6-5-12-4-3-11(10-15)9-13(12)14/h3-6,9,15H,2,7-8,10H2,1H3. The highest BCUT2D eigenvalue weighted by Crippen LogP contribution is 2.17. The molecule has 0 amide bonds. The Morgan fingerprint density at radius 3 is 2.94 bits per heavy atom. The molecule has 0 fully saturated rings. The van der Waals surface area contributed by atoms with Crippen molar-refractivity contribution in [2.24, 2.45) is 0 Å². The number of hydrogen-bond donors (Lipinski definition) is 1. The highest BCUT2D eigenvalue weighted by Gasteiger charge is 2.01. The zero-order valence-corrected chi connectivity index (χ0v) is 9.52. The van der Waals surface area contributed by atoms with Crippen molar-refractivity contribution in [2.45, 2.75) is 20.1 Å². The highest BCUT2D eigenvalue weighted by molar-refractivity contribution is 5.80. The Balaban J connectivity index is 2.24. The van der Waals surface area contributed by atoms with Crippen molar-refractivity contribution in [3.05, 3.63) is 36.0 Å². The largest absolute Gasteiger partial charge is 0.392 e. The van der Waals surface area contributed by atoms with E-state index in [1.54, 1.807) is 0 Å². The molecule has 1 N–H and O–H groups in total. The minimum atomic E-state index is 0.0899. The van der Waals surface area contributed by atoms with Crippen molar-refractivity contribution in [3.8, 4) is 0 Å². The zero-order valence-electron chi connectivity index (χ0n) is 9.52. The second-order valence-corrected chi connectivity index (χ2v) is 3.76. The van der Waals surface area contributed by atoms with Crippen molar-refractivity contribution in [1.82, 2.24) is 4.57 Å². The summed E-state index contributed by atoms with van der Waals surface area (Å²) in [5.74, 6) is 0. The molecule has 2 rings (SSSR count). The Morgan fingerprint density at radius 2 is 2.19 bits per heavy atom. The van der Waals surface area contributed by atoms with Crippen LogP contribution in [0, 0.1) is 0 Å². The van der Waals surface area contributed by atoms with Crippen LogP contribution in [-0.2, 0) is 17.9 Å². The number of aliphatic hydroxyl groups excluding tert-OH is 1. The van der Waals surface area contributed by atoms with Crippen molar-refractivity contribution in [1.29, 1.82) is 0 Å². The van der Waals surface area contributed by atoms with Crippen LogP contribution in [0.2, 0.25) is 0 Å². The molecule has 0 saturated heterocycles. The van der Waals surface area contributed by atoms with Crippen LogP contribution < -0.4 is 0 Å². The van der Waals surface area contributed by atoms with Gasteiger partial charge < -0.3 is 14.4 Å². The van der Waals surface area contributed by atoms with E-state index in [0.717, 1.165) is 30.8 Å². The van der Waals surface area contributed by atoms with E-state index in [2.05, 4.69) is 16.8 Å². The molecule has 86 valence electrons. The molecule has 0 aliphatic rings. The van der Waals surface area contributed by atoms with E-state index >= 15 is 0 Å². The van der Waals surface area contributed by atoms with Crippen LogP contribution in [0.25, 0.3) is 10.9 Å². The minimum absolute atomic E-state index is 0.0899. The van der Waals surface area contributed by atoms with Gasteiger partial charge in [0.2, 0.25) is 0 Å². The Hall–Kier alpha value is -1.32. The molecule has 0 aliphatic carbocycles. The second kappa shape index (κ2) is 5.14. The van der Waals surface area contributed by atoms with Gasteiger partial charge in [-0.2, -0.15) is 0 Å². The van der Waals surface area contributed by atoms with Crippen LogP contribution in [-0.4, -0.2) is 22.9 Å². The summed E-state index contributed by atoms with van der Waals surface area (Å²) in [6.07, 6.45) is 2.06. The lowest BCUT2D eigenvalue weighted by atomic mass is 10.2. The summed E-state index contributed by atoms with van der Waals surface area (Å²) in [7, 11) is 0. The van der Waals surface area contributed by atoms with Crippen molar-refractivity contribution in [3.63, 3.8) is 0 Å². The van der Waals surface area contributed by atoms with Gasteiger partial charge >= 0.3 is 0 Å². The van der Waals surface area contributed by atoms with Gasteiger partial charge in [-0.25, -0.2) is 0 Å². The summed E-state index contributed by atoms with van der Waals surface area (Å²) in [5.41, 5.74) is 2.11. The van der Waals surface area contributed by atoms with E-state index in [1.807, 2.05) is 25.1 Å². The van der Waals surface area contributed by atoms with E-state index in [4.69, 9.17) is 9.84 Å². The quantitative estimate of drug-likeness (QED) is 0.782. The number of hydrogen-bond acceptors (Lipinski definition) is 2. The van der Waals surface area contributed by atoms with Gasteiger partial charge in [0.05, 0.1) is 13.2 Å². The van der Waals surface area contributed by atoms with Gasteiger partial charge in [0.1, 0.15) is 0 Å². The summed E-state index contributed by atoms with van der Waals surface area (Å²) in [4.78, 5) is 0. The number of benzene rings is 1. The van der Waals surface area contributed by atoms with Gasteiger partial charge in [-0.1, -0.05) is 12.1 Å². The van der Waals surface area contributed by atoms with E-state index in [1.165, 1.54) is 5.39 Å². The van der Waals surface area contributed by atoms with Crippen LogP contribution in [0.3, 0.4) is 0 Å². The fourth-order valence-corrected chi connectivity index (χ4v) is 1.83. The lowest BCUT2D eigenvalue weighted by Gasteiger charge is -2.06. The monoisotopic (exact) mass is 219 g/mol. The van der Waals surface area contributed by atoms with Crippen molar-refractivity contribution in [2.75, 3.05) is 13.2 Å². The van der Waals surface area contributed by atoms with Gasteiger partial charge in [0, 0.05) is 24.9 Å². The number of aromatic nitrogens is 1. The topological polar surface area (TPSA) is 34.4 Å². The summed E-state index contributed by atoms with van der Waals surface area (Å²) >= 11 is 0. The number of ether oxygens (including phenoxy) is 1. The molecule has 1 aromatic carbocycles. The molecule has 0 bridgehead atoms. The fraction of sp³-hybridized carbons (Fsp3) is 0.385. The fourth-order valence-electron chi connectivity index (χ4n) is 1.83. The molecule has 0 radical (unpaired) electrons. The first-order valence-corrected chi connectivity index (χ1v) is 5.61. The van der Waals surface area contributed by atoms with Crippen molar-refractivity contribution >= 4 is 10.9 Å². The number of fused-ring (bicyclic) bond motifs is 1. The Kier molecular flexibility index (Phi) is 3.59. The van der Waals surface area contributed by atoms with E-state index in [0.29, 0.717) is 0 Å².